The van der Waals surface area contributed by atoms with Crippen LogP contribution in [0.3, 0.4) is 0 Å². The average Bonchev–Trinajstić information content (AvgIpc) is 2.26. The maximum absolute atomic E-state index is 11.6. The van der Waals surface area contributed by atoms with Gasteiger partial charge in [0.1, 0.15) is 0 Å². The highest BCUT2D eigenvalue weighted by Crippen LogP contribution is 2.10. The maximum Gasteiger partial charge on any atom is 0.328 e. The van der Waals surface area contributed by atoms with Gasteiger partial charge in [0, 0.05) is 24.2 Å². The molecule has 0 fully saturated rings. The molecule has 0 amide bonds. The molecule has 1 atom stereocenters. The van der Waals surface area contributed by atoms with Crippen LogP contribution in [0.15, 0.2) is 15.8 Å². The standard InChI is InChI=1S/C11H16N2O4/c1-3-8-6-13(11(17)12-10(8)16)7(2)4-5-9(14)15/h6-7H,3-5H2,1-2H3,(H,14,15)(H,12,16,17). The minimum Gasteiger partial charge on any atom is -0.481 e. The zero-order chi connectivity index (χ0) is 13.0. The molecule has 1 heterocycles. The molecule has 0 aliphatic carbocycles. The molecule has 0 aliphatic heterocycles. The predicted octanol–water partition coefficient (Wildman–Crippen LogP) is 0.525. The molecule has 1 unspecified atom stereocenters. The number of hydrogen-bond acceptors (Lipinski definition) is 3. The molecule has 94 valence electrons. The third-order valence-electron chi connectivity index (χ3n) is 2.67. The Bertz CT molecular complexity index is 515. The summed E-state index contributed by atoms with van der Waals surface area (Å²) < 4.78 is 1.38. The van der Waals surface area contributed by atoms with Crippen LogP contribution in [0.5, 0.6) is 0 Å². The lowest BCUT2D eigenvalue weighted by molar-refractivity contribution is -0.137. The minimum absolute atomic E-state index is 0.00576. The van der Waals surface area contributed by atoms with Gasteiger partial charge in [0.05, 0.1) is 0 Å². The van der Waals surface area contributed by atoms with Gasteiger partial charge in [-0.1, -0.05) is 6.92 Å². The monoisotopic (exact) mass is 240 g/mol. The summed E-state index contributed by atoms with van der Waals surface area (Å²) in [4.78, 5) is 35.6. The number of H-pyrrole nitrogens is 1. The van der Waals surface area contributed by atoms with Crippen molar-refractivity contribution in [3.8, 4) is 0 Å². The Morgan fingerprint density at radius 3 is 2.71 bits per heavy atom. The van der Waals surface area contributed by atoms with Gasteiger partial charge in [-0.2, -0.15) is 0 Å². The summed E-state index contributed by atoms with van der Waals surface area (Å²) in [5.74, 6) is -0.898. The van der Waals surface area contributed by atoms with Gasteiger partial charge < -0.3 is 5.11 Å². The summed E-state index contributed by atoms with van der Waals surface area (Å²) >= 11 is 0. The van der Waals surface area contributed by atoms with Crippen molar-refractivity contribution in [2.24, 2.45) is 0 Å². The number of nitrogens with one attached hydrogen (secondary N) is 1. The summed E-state index contributed by atoms with van der Waals surface area (Å²) in [6.07, 6.45) is 2.38. The second-order valence-corrected chi connectivity index (χ2v) is 3.96. The van der Waals surface area contributed by atoms with Crippen LogP contribution in [0.4, 0.5) is 0 Å². The van der Waals surface area contributed by atoms with Crippen LogP contribution in [-0.2, 0) is 11.2 Å². The van der Waals surface area contributed by atoms with E-state index < -0.39 is 11.7 Å². The number of nitrogens with zero attached hydrogens (tertiary/aromatic N) is 1. The Morgan fingerprint density at radius 2 is 2.18 bits per heavy atom. The van der Waals surface area contributed by atoms with E-state index in [0.717, 1.165) is 0 Å². The first kappa shape index (κ1) is 13.2. The molecule has 0 aromatic carbocycles. The zero-order valence-electron chi connectivity index (χ0n) is 9.90. The molecule has 6 nitrogen and oxygen atoms in total. The van der Waals surface area contributed by atoms with E-state index in [1.165, 1.54) is 10.8 Å². The van der Waals surface area contributed by atoms with E-state index in [2.05, 4.69) is 4.98 Å². The number of aromatic nitrogens is 2. The van der Waals surface area contributed by atoms with Crippen LogP contribution in [0.2, 0.25) is 0 Å². The van der Waals surface area contributed by atoms with E-state index >= 15 is 0 Å². The fraction of sp³-hybridized carbons (Fsp3) is 0.545. The molecule has 0 aliphatic rings. The van der Waals surface area contributed by atoms with Crippen molar-refractivity contribution in [2.75, 3.05) is 0 Å². The van der Waals surface area contributed by atoms with Crippen LogP contribution >= 0.6 is 0 Å². The molecular weight excluding hydrogens is 224 g/mol. The SMILES string of the molecule is CCc1cn(C(C)CCC(=O)O)c(=O)[nH]c1=O. The Balaban J connectivity index is 3.01. The maximum atomic E-state index is 11.6. The molecule has 1 aromatic heterocycles. The van der Waals surface area contributed by atoms with Crippen LogP contribution in [0, 0.1) is 0 Å². The van der Waals surface area contributed by atoms with Crippen molar-refractivity contribution in [3.63, 3.8) is 0 Å². The number of aromatic amines is 1. The van der Waals surface area contributed by atoms with Gasteiger partial charge in [0.2, 0.25) is 0 Å². The third-order valence-corrected chi connectivity index (χ3v) is 2.67. The van der Waals surface area contributed by atoms with E-state index in [-0.39, 0.29) is 18.0 Å². The van der Waals surface area contributed by atoms with Gasteiger partial charge in [0.25, 0.3) is 5.56 Å². The molecule has 0 bridgehead atoms. The Hall–Kier alpha value is -1.85. The molecule has 2 N–H and O–H groups in total. The third kappa shape index (κ3) is 3.30. The highest BCUT2D eigenvalue weighted by molar-refractivity contribution is 5.66. The number of carboxylic acid groups (broad SMARTS) is 1. The van der Waals surface area contributed by atoms with Crippen LogP contribution in [-0.4, -0.2) is 20.6 Å². The molecule has 6 heteroatoms. The van der Waals surface area contributed by atoms with Crippen LogP contribution in [0.25, 0.3) is 0 Å². The Kier molecular flexibility index (Phi) is 4.25. The van der Waals surface area contributed by atoms with E-state index in [9.17, 15) is 14.4 Å². The fourth-order valence-corrected chi connectivity index (χ4v) is 1.58. The summed E-state index contributed by atoms with van der Waals surface area (Å²) in [7, 11) is 0. The van der Waals surface area contributed by atoms with Crippen molar-refractivity contribution >= 4 is 5.97 Å². The average molecular weight is 240 g/mol. The second-order valence-electron chi connectivity index (χ2n) is 3.96. The summed E-state index contributed by atoms with van der Waals surface area (Å²) in [6.45, 7) is 3.57. The van der Waals surface area contributed by atoms with Crippen LogP contribution in [0.1, 0.15) is 38.3 Å². The number of carbonyl (C=O) groups is 1. The summed E-state index contributed by atoms with van der Waals surface area (Å²) in [6, 6.07) is -0.249. The van der Waals surface area contributed by atoms with Crippen molar-refractivity contribution in [3.05, 3.63) is 32.6 Å². The minimum atomic E-state index is -0.898. The molecule has 1 aromatic rings. The summed E-state index contributed by atoms with van der Waals surface area (Å²) in [5.41, 5.74) is -0.351. The Morgan fingerprint density at radius 1 is 1.53 bits per heavy atom. The number of aryl methyl sites for hydroxylation is 1. The number of aliphatic carboxylic acids is 1. The molecule has 17 heavy (non-hydrogen) atoms. The van der Waals surface area contributed by atoms with Gasteiger partial charge in [-0.3, -0.25) is 19.1 Å². The molecule has 0 saturated carbocycles. The number of rotatable bonds is 5. The van der Waals surface area contributed by atoms with Gasteiger partial charge in [0.15, 0.2) is 0 Å². The molecule has 0 spiro atoms. The molecule has 1 rings (SSSR count). The van der Waals surface area contributed by atoms with E-state index in [4.69, 9.17) is 5.11 Å². The first-order valence-electron chi connectivity index (χ1n) is 5.51. The quantitative estimate of drug-likeness (QED) is 0.785. The molecule has 0 saturated heterocycles. The van der Waals surface area contributed by atoms with E-state index in [1.54, 1.807) is 6.92 Å². The smallest absolute Gasteiger partial charge is 0.328 e. The van der Waals surface area contributed by atoms with Crippen molar-refractivity contribution in [1.82, 2.24) is 9.55 Å². The molecular formula is C11H16N2O4. The summed E-state index contributed by atoms with van der Waals surface area (Å²) in [5, 5.41) is 8.58. The predicted molar refractivity (Wildman–Crippen MR) is 62.3 cm³/mol. The first-order chi connectivity index (χ1) is 7.95. The van der Waals surface area contributed by atoms with Crippen molar-refractivity contribution in [2.45, 2.75) is 39.2 Å². The zero-order valence-corrected chi connectivity index (χ0v) is 9.90. The fourth-order valence-electron chi connectivity index (χ4n) is 1.58. The molecule has 0 radical (unpaired) electrons. The lowest BCUT2D eigenvalue weighted by Crippen LogP contribution is -2.33. The second kappa shape index (κ2) is 5.47. The highest BCUT2D eigenvalue weighted by Gasteiger charge is 2.11. The van der Waals surface area contributed by atoms with Gasteiger partial charge in [-0.25, -0.2) is 4.79 Å². The normalized spacial score (nSPS) is 12.4. The van der Waals surface area contributed by atoms with Gasteiger partial charge in [-0.05, 0) is 19.8 Å². The number of carboxylic acids is 1. The van der Waals surface area contributed by atoms with Crippen LogP contribution < -0.4 is 11.2 Å². The van der Waals surface area contributed by atoms with Gasteiger partial charge in [-0.15, -0.1) is 0 Å². The van der Waals surface area contributed by atoms with E-state index in [0.29, 0.717) is 18.4 Å². The number of hydrogen-bond donors (Lipinski definition) is 2. The largest absolute Gasteiger partial charge is 0.481 e. The topological polar surface area (TPSA) is 92.2 Å². The van der Waals surface area contributed by atoms with Gasteiger partial charge >= 0.3 is 11.7 Å². The lowest BCUT2D eigenvalue weighted by atomic mass is 10.1. The van der Waals surface area contributed by atoms with Crippen molar-refractivity contribution < 1.29 is 9.90 Å². The van der Waals surface area contributed by atoms with E-state index in [1.807, 2.05) is 6.92 Å². The lowest BCUT2D eigenvalue weighted by Gasteiger charge is -2.14. The van der Waals surface area contributed by atoms with Crippen molar-refractivity contribution in [1.29, 1.82) is 0 Å². The first-order valence-corrected chi connectivity index (χ1v) is 5.51. The Labute approximate surface area is 97.9 Å². The highest BCUT2D eigenvalue weighted by atomic mass is 16.4.